The third-order valence-corrected chi connectivity index (χ3v) is 2.52. The fourth-order valence-electron chi connectivity index (χ4n) is 1.60. The molecule has 1 rings (SSSR count). The number of ether oxygens (including phenoxy) is 3. The maximum Gasteiger partial charge on any atom is 0.238 e. The number of carbonyl (C=O) groups is 1. The first-order valence-corrected chi connectivity index (χ1v) is 6.51. The molecule has 0 heterocycles. The molecule has 0 unspecified atom stereocenters. The van der Waals surface area contributed by atoms with E-state index in [1.165, 1.54) is 0 Å². The summed E-state index contributed by atoms with van der Waals surface area (Å²) in [4.78, 5) is 11.7. The van der Waals surface area contributed by atoms with Gasteiger partial charge in [0.2, 0.25) is 5.91 Å². The molecule has 0 saturated carbocycles. The van der Waals surface area contributed by atoms with E-state index in [1.54, 1.807) is 32.4 Å². The maximum atomic E-state index is 11.7. The van der Waals surface area contributed by atoms with Gasteiger partial charge in [0.05, 0.1) is 26.9 Å². The number of amides is 1. The van der Waals surface area contributed by atoms with Crippen molar-refractivity contribution in [1.29, 1.82) is 0 Å². The lowest BCUT2D eigenvalue weighted by molar-refractivity contribution is -0.115. The third kappa shape index (κ3) is 5.46. The highest BCUT2D eigenvalue weighted by molar-refractivity contribution is 5.92. The fourth-order valence-corrected chi connectivity index (χ4v) is 1.60. The van der Waals surface area contributed by atoms with E-state index in [0.717, 1.165) is 0 Å². The molecule has 0 spiro atoms. The van der Waals surface area contributed by atoms with Crippen LogP contribution in [0.1, 0.15) is 6.92 Å². The summed E-state index contributed by atoms with van der Waals surface area (Å²) in [5.41, 5.74) is 0.670. The van der Waals surface area contributed by atoms with Gasteiger partial charge in [0.15, 0.2) is 11.5 Å². The molecular weight excluding hydrogens is 260 g/mol. The Balaban J connectivity index is 2.52. The van der Waals surface area contributed by atoms with Crippen LogP contribution in [-0.2, 0) is 9.53 Å². The Morgan fingerprint density at radius 3 is 2.70 bits per heavy atom. The Morgan fingerprint density at radius 2 is 2.05 bits per heavy atom. The number of anilines is 1. The van der Waals surface area contributed by atoms with E-state index in [2.05, 4.69) is 10.6 Å². The van der Waals surface area contributed by atoms with Crippen LogP contribution in [0.25, 0.3) is 0 Å². The molecule has 0 fully saturated rings. The summed E-state index contributed by atoms with van der Waals surface area (Å²) in [5, 5.41) is 5.76. The summed E-state index contributed by atoms with van der Waals surface area (Å²) in [5.74, 6) is 1.13. The SMILES string of the molecule is CCOc1ccc(NC(=O)CNCCOC)cc1OC. The van der Waals surface area contributed by atoms with Crippen LogP contribution >= 0.6 is 0 Å². The van der Waals surface area contributed by atoms with Gasteiger partial charge in [-0.15, -0.1) is 0 Å². The molecule has 1 aromatic carbocycles. The largest absolute Gasteiger partial charge is 0.493 e. The third-order valence-electron chi connectivity index (χ3n) is 2.52. The molecule has 2 N–H and O–H groups in total. The van der Waals surface area contributed by atoms with Crippen molar-refractivity contribution in [2.75, 3.05) is 45.8 Å². The first kappa shape index (κ1) is 16.3. The Bertz CT molecular complexity index is 424. The molecule has 0 aliphatic carbocycles. The topological polar surface area (TPSA) is 68.8 Å². The van der Waals surface area contributed by atoms with Crippen molar-refractivity contribution in [3.63, 3.8) is 0 Å². The highest BCUT2D eigenvalue weighted by Gasteiger charge is 2.07. The van der Waals surface area contributed by atoms with Crippen molar-refractivity contribution in [2.24, 2.45) is 0 Å². The van der Waals surface area contributed by atoms with Gasteiger partial charge in [-0.1, -0.05) is 0 Å². The predicted molar refractivity (Wildman–Crippen MR) is 77.5 cm³/mol. The summed E-state index contributed by atoms with van der Waals surface area (Å²) in [6, 6.07) is 5.29. The summed E-state index contributed by atoms with van der Waals surface area (Å²) in [7, 11) is 3.18. The van der Waals surface area contributed by atoms with Crippen LogP contribution in [0, 0.1) is 0 Å². The second-order valence-corrected chi connectivity index (χ2v) is 4.02. The minimum Gasteiger partial charge on any atom is -0.493 e. The molecule has 112 valence electrons. The molecule has 6 nitrogen and oxygen atoms in total. The molecule has 0 atom stereocenters. The van der Waals surface area contributed by atoms with E-state index < -0.39 is 0 Å². The van der Waals surface area contributed by atoms with Gasteiger partial charge in [0, 0.05) is 25.4 Å². The fraction of sp³-hybridized carbons (Fsp3) is 0.500. The highest BCUT2D eigenvalue weighted by Crippen LogP contribution is 2.30. The smallest absolute Gasteiger partial charge is 0.238 e. The predicted octanol–water partition coefficient (Wildman–Crippen LogP) is 1.27. The quantitative estimate of drug-likeness (QED) is 0.668. The molecule has 1 amide bonds. The van der Waals surface area contributed by atoms with Gasteiger partial charge in [-0.2, -0.15) is 0 Å². The summed E-state index contributed by atoms with van der Waals surface area (Å²) >= 11 is 0. The Kier molecular flexibility index (Phi) is 7.46. The molecule has 0 aromatic heterocycles. The van der Waals surface area contributed by atoms with Crippen LogP contribution < -0.4 is 20.1 Å². The maximum absolute atomic E-state index is 11.7. The molecule has 0 radical (unpaired) electrons. The normalized spacial score (nSPS) is 10.2. The number of methoxy groups -OCH3 is 2. The number of benzene rings is 1. The molecule has 0 saturated heterocycles. The van der Waals surface area contributed by atoms with Crippen molar-refractivity contribution >= 4 is 11.6 Å². The van der Waals surface area contributed by atoms with Gasteiger partial charge in [0.1, 0.15) is 0 Å². The van der Waals surface area contributed by atoms with E-state index in [9.17, 15) is 4.79 Å². The molecule has 0 aliphatic rings. The Labute approximate surface area is 119 Å². The molecule has 20 heavy (non-hydrogen) atoms. The highest BCUT2D eigenvalue weighted by atomic mass is 16.5. The van der Waals surface area contributed by atoms with E-state index in [0.29, 0.717) is 36.9 Å². The van der Waals surface area contributed by atoms with E-state index in [4.69, 9.17) is 14.2 Å². The summed E-state index contributed by atoms with van der Waals surface area (Å²) < 4.78 is 15.5. The first-order valence-electron chi connectivity index (χ1n) is 6.51. The van der Waals surface area contributed by atoms with E-state index in [-0.39, 0.29) is 12.5 Å². The second-order valence-electron chi connectivity index (χ2n) is 4.02. The number of hydrogen-bond acceptors (Lipinski definition) is 5. The van der Waals surface area contributed by atoms with Gasteiger partial charge in [-0.25, -0.2) is 0 Å². The minimum absolute atomic E-state index is 0.118. The van der Waals surface area contributed by atoms with Gasteiger partial charge >= 0.3 is 0 Å². The van der Waals surface area contributed by atoms with Crippen molar-refractivity contribution in [2.45, 2.75) is 6.92 Å². The number of nitrogens with one attached hydrogen (secondary N) is 2. The zero-order valence-corrected chi connectivity index (χ0v) is 12.2. The van der Waals surface area contributed by atoms with Crippen LogP contribution in [0.4, 0.5) is 5.69 Å². The van der Waals surface area contributed by atoms with Gasteiger partial charge in [0.25, 0.3) is 0 Å². The summed E-state index contributed by atoms with van der Waals surface area (Å²) in [6.45, 7) is 3.91. The number of hydrogen-bond donors (Lipinski definition) is 2. The van der Waals surface area contributed by atoms with Gasteiger partial charge in [-0.05, 0) is 19.1 Å². The minimum atomic E-state index is -0.118. The van der Waals surface area contributed by atoms with Crippen molar-refractivity contribution in [3.8, 4) is 11.5 Å². The van der Waals surface area contributed by atoms with Crippen LogP contribution in [0.3, 0.4) is 0 Å². The van der Waals surface area contributed by atoms with Crippen molar-refractivity contribution in [3.05, 3.63) is 18.2 Å². The first-order chi connectivity index (χ1) is 9.71. The Hall–Kier alpha value is -1.79. The van der Waals surface area contributed by atoms with E-state index >= 15 is 0 Å². The average molecular weight is 282 g/mol. The monoisotopic (exact) mass is 282 g/mol. The van der Waals surface area contributed by atoms with Crippen LogP contribution in [0.2, 0.25) is 0 Å². The van der Waals surface area contributed by atoms with Gasteiger partial charge < -0.3 is 24.8 Å². The zero-order chi connectivity index (χ0) is 14.8. The lowest BCUT2D eigenvalue weighted by Gasteiger charge is -2.12. The van der Waals surface area contributed by atoms with Crippen LogP contribution in [0.5, 0.6) is 11.5 Å². The van der Waals surface area contributed by atoms with E-state index in [1.807, 2.05) is 6.92 Å². The molecule has 6 heteroatoms. The lowest BCUT2D eigenvalue weighted by Crippen LogP contribution is -2.30. The van der Waals surface area contributed by atoms with Crippen molar-refractivity contribution < 1.29 is 19.0 Å². The number of carbonyl (C=O) groups excluding carboxylic acids is 1. The molecule has 0 bridgehead atoms. The lowest BCUT2D eigenvalue weighted by atomic mass is 10.2. The van der Waals surface area contributed by atoms with Gasteiger partial charge in [-0.3, -0.25) is 4.79 Å². The summed E-state index contributed by atoms with van der Waals surface area (Å²) in [6.07, 6.45) is 0. The zero-order valence-electron chi connectivity index (χ0n) is 12.2. The van der Waals surface area contributed by atoms with Crippen LogP contribution in [-0.4, -0.2) is 46.4 Å². The second kappa shape index (κ2) is 9.17. The standard InChI is InChI=1S/C14H22N2O4/c1-4-20-12-6-5-11(9-13(12)19-3)16-14(17)10-15-7-8-18-2/h5-6,9,15H,4,7-8,10H2,1-3H3,(H,16,17). The molecule has 1 aromatic rings. The van der Waals surface area contributed by atoms with Crippen LogP contribution in [0.15, 0.2) is 18.2 Å². The molecule has 0 aliphatic heterocycles. The number of rotatable bonds is 9. The van der Waals surface area contributed by atoms with Crippen molar-refractivity contribution in [1.82, 2.24) is 5.32 Å². The average Bonchev–Trinajstić information content (AvgIpc) is 2.45. The molecular formula is C14H22N2O4. The Morgan fingerprint density at radius 1 is 1.25 bits per heavy atom.